The first-order chi connectivity index (χ1) is 49.4. The van der Waals surface area contributed by atoms with Crippen molar-refractivity contribution in [2.75, 3.05) is 26.2 Å². The van der Waals surface area contributed by atoms with E-state index >= 15 is 0 Å². The number of hydrazine groups is 2. The molecule has 3 fully saturated rings. The summed E-state index contributed by atoms with van der Waals surface area (Å²) in [4.78, 5) is 41.3. The molecule has 6 atom stereocenters. The molecule has 2 aliphatic heterocycles. The average Bonchev–Trinajstić information content (AvgIpc) is 1.61. The molecule has 0 radical (unpaired) electrons. The minimum atomic E-state index is -0.337. The third-order valence-corrected chi connectivity index (χ3v) is 24.1. The van der Waals surface area contributed by atoms with E-state index in [-0.39, 0.29) is 41.5 Å². The molecule has 10 aromatic rings. The Morgan fingerprint density at radius 2 is 0.892 bits per heavy atom. The molecule has 16 rings (SSSR count). The molecule has 24 heteroatoms. The molecule has 1 saturated carbocycles. The predicted molar refractivity (Wildman–Crippen MR) is 417 cm³/mol. The van der Waals surface area contributed by atoms with Gasteiger partial charge < -0.3 is 5.32 Å². The Morgan fingerprint density at radius 1 is 0.461 bits per heavy atom. The largest absolute Gasteiger partial charge is 0.349 e. The number of thiophene rings is 1. The number of fused-ring (bicyclic) bond motifs is 4. The molecule has 6 heterocycles. The zero-order chi connectivity index (χ0) is 70.9. The summed E-state index contributed by atoms with van der Waals surface area (Å²) in [6.07, 6.45) is 15.0. The van der Waals surface area contributed by atoms with Crippen molar-refractivity contribution in [3.8, 4) is 50.1 Å². The number of hydrogen-bond donors (Lipinski definition) is 3. The quantitative estimate of drug-likeness (QED) is 0.103. The Hall–Kier alpha value is -6.22. The summed E-state index contributed by atoms with van der Waals surface area (Å²) in [6.45, 7) is 5.73. The predicted octanol–water partition coefficient (Wildman–Crippen LogP) is 21.1. The van der Waals surface area contributed by atoms with E-state index in [1.807, 2.05) is 130 Å². The molecule has 3 unspecified atom stereocenters. The lowest BCUT2D eigenvalue weighted by Crippen LogP contribution is -2.47. The van der Waals surface area contributed by atoms with E-state index < -0.39 is 0 Å². The van der Waals surface area contributed by atoms with Crippen LogP contribution in [0.2, 0.25) is 39.5 Å². The van der Waals surface area contributed by atoms with Crippen LogP contribution in [-0.2, 0) is 33.6 Å². The van der Waals surface area contributed by atoms with Gasteiger partial charge in [0.2, 0.25) is 17.7 Å². The fourth-order valence-electron chi connectivity index (χ4n) is 15.5. The molecule has 14 nitrogen and oxygen atoms in total. The van der Waals surface area contributed by atoms with E-state index in [1.165, 1.54) is 37.0 Å². The molecular formula is C78H74BrCl8N11O3S. The summed E-state index contributed by atoms with van der Waals surface area (Å²) in [5.74, 6) is 0.596. The van der Waals surface area contributed by atoms with Crippen LogP contribution in [0.3, 0.4) is 0 Å². The van der Waals surface area contributed by atoms with Gasteiger partial charge in [-0.25, -0.2) is 24.1 Å². The molecule has 3 amide bonds. The van der Waals surface area contributed by atoms with Crippen molar-refractivity contribution in [3.05, 3.63) is 229 Å². The van der Waals surface area contributed by atoms with Crippen molar-refractivity contribution in [1.82, 2.24) is 55.5 Å². The number of aromatic nitrogens is 6. The van der Waals surface area contributed by atoms with Crippen LogP contribution >= 0.6 is 120 Å². The maximum atomic E-state index is 13.5. The maximum absolute atomic E-state index is 13.5. The highest BCUT2D eigenvalue weighted by molar-refractivity contribution is 9.10. The number of carbonyl (C=O) groups excluding carboxylic acids is 3. The van der Waals surface area contributed by atoms with Gasteiger partial charge in [-0.2, -0.15) is 15.3 Å². The topological polar surface area (TPSA) is 147 Å². The smallest absolute Gasteiger partial charge is 0.243 e. The van der Waals surface area contributed by atoms with Crippen LogP contribution < -0.4 is 16.2 Å². The molecule has 2 saturated heterocycles. The number of benzene rings is 6. The second kappa shape index (κ2) is 32.2. The van der Waals surface area contributed by atoms with Crippen molar-refractivity contribution in [2.24, 2.45) is 11.8 Å². The number of rotatable bonds is 13. The zero-order valence-electron chi connectivity index (χ0n) is 55.9. The maximum Gasteiger partial charge on any atom is 0.243 e. The summed E-state index contributed by atoms with van der Waals surface area (Å²) in [7, 11) is 0. The summed E-state index contributed by atoms with van der Waals surface area (Å²) in [6, 6.07) is 45.8. The normalized spacial score (nSPS) is 19.6. The molecular weight excluding hydrogens is 1530 g/mol. The zero-order valence-corrected chi connectivity index (χ0v) is 64.3. The minimum absolute atomic E-state index is 0.0140. The Kier molecular flexibility index (Phi) is 23.0. The molecule has 6 aromatic carbocycles. The summed E-state index contributed by atoms with van der Waals surface area (Å²) < 4.78 is 7.31. The average molecular weight is 1610 g/mol. The van der Waals surface area contributed by atoms with Crippen LogP contribution in [0, 0.1) is 11.8 Å². The lowest BCUT2D eigenvalue weighted by molar-refractivity contribution is -0.128. The first-order valence-electron chi connectivity index (χ1n) is 34.9. The number of amides is 3. The second-order valence-electron chi connectivity index (χ2n) is 27.1. The van der Waals surface area contributed by atoms with Gasteiger partial charge in [0.25, 0.3) is 0 Å². The lowest BCUT2D eigenvalue weighted by atomic mass is 9.85. The van der Waals surface area contributed by atoms with Crippen LogP contribution in [0.5, 0.6) is 0 Å². The minimum Gasteiger partial charge on any atom is -0.349 e. The second-order valence-corrected chi connectivity index (χ2v) is 32.7. The first kappa shape index (κ1) is 72.7. The number of hydrogen-bond acceptors (Lipinski definition) is 9. The van der Waals surface area contributed by atoms with Gasteiger partial charge in [0, 0.05) is 78.6 Å². The fourth-order valence-corrected chi connectivity index (χ4v) is 18.5. The van der Waals surface area contributed by atoms with E-state index in [2.05, 4.69) is 54.2 Å². The monoisotopic (exact) mass is 1600 g/mol. The molecule has 0 spiro atoms. The highest BCUT2D eigenvalue weighted by atomic mass is 79.9. The summed E-state index contributed by atoms with van der Waals surface area (Å²) >= 11 is 55.8. The Morgan fingerprint density at radius 3 is 1.35 bits per heavy atom. The van der Waals surface area contributed by atoms with Crippen molar-refractivity contribution < 1.29 is 14.4 Å². The van der Waals surface area contributed by atoms with E-state index in [0.29, 0.717) is 39.5 Å². The third kappa shape index (κ3) is 15.8. The van der Waals surface area contributed by atoms with Crippen LogP contribution in [0.25, 0.3) is 50.1 Å². The molecule has 3 N–H and O–H groups in total. The van der Waals surface area contributed by atoms with Crippen molar-refractivity contribution in [3.63, 3.8) is 0 Å². The molecule has 0 bridgehead atoms. The summed E-state index contributed by atoms with van der Waals surface area (Å²) in [5, 5.41) is 26.3. The molecule has 102 heavy (non-hydrogen) atoms. The Balaban J connectivity index is 0.000000130. The highest BCUT2D eigenvalue weighted by Crippen LogP contribution is 2.46. The van der Waals surface area contributed by atoms with Gasteiger partial charge in [0.1, 0.15) is 0 Å². The van der Waals surface area contributed by atoms with Crippen LogP contribution in [0.1, 0.15) is 147 Å². The lowest BCUT2D eigenvalue weighted by Gasteiger charge is -2.29. The van der Waals surface area contributed by atoms with Gasteiger partial charge >= 0.3 is 0 Å². The highest BCUT2D eigenvalue weighted by Gasteiger charge is 2.41. The number of piperidine rings is 1. The third-order valence-electron chi connectivity index (χ3n) is 20.5. The van der Waals surface area contributed by atoms with Gasteiger partial charge in [-0.05, 0) is 199 Å². The fraction of sp³-hybridized carbons (Fsp3) is 0.333. The van der Waals surface area contributed by atoms with E-state index in [4.69, 9.17) is 108 Å². The number of carbonyl (C=O) groups is 3. The van der Waals surface area contributed by atoms with Crippen molar-refractivity contribution in [1.29, 1.82) is 0 Å². The molecule has 528 valence electrons. The SMILES string of the molecule is C[C@@H](NC(=O)[C@@H]1CCCc2c1nn(-c1ccc(Cl)cc1Cl)c2-c1ccc(Cl)s1)c1ccccc1.O=C(NN1CC2CCCC2C1)C1CCCc2c1nn(-c1ccc(Cl)cc1Cl)c2-c1ccc(Cl)cc1.O=C(NN1CCCCC1)[C@@H]1CCCc2c1nn(-c1ccc(Cl)cc1Cl)c2-c1ccc(Br)cc1. The van der Waals surface area contributed by atoms with Gasteiger partial charge in [0.15, 0.2) is 0 Å². The van der Waals surface area contributed by atoms with Crippen LogP contribution in [0.15, 0.2) is 150 Å². The van der Waals surface area contributed by atoms with Crippen molar-refractivity contribution >= 4 is 138 Å². The Labute approximate surface area is 646 Å². The number of nitrogens with one attached hydrogen (secondary N) is 3. The van der Waals surface area contributed by atoms with E-state index in [1.54, 1.807) is 24.3 Å². The van der Waals surface area contributed by atoms with Gasteiger partial charge in [-0.15, -0.1) is 11.3 Å². The Bertz CT molecular complexity index is 4720. The molecule has 6 aliphatic rings. The van der Waals surface area contributed by atoms with E-state index in [0.717, 1.165) is 203 Å². The van der Waals surface area contributed by atoms with Gasteiger partial charge in [-0.3, -0.25) is 25.2 Å². The first-order valence-corrected chi connectivity index (χ1v) is 39.5. The van der Waals surface area contributed by atoms with E-state index in [9.17, 15) is 14.4 Å². The van der Waals surface area contributed by atoms with Gasteiger partial charge in [0.05, 0.1) is 99.3 Å². The number of halogens is 9. The molecule has 4 aliphatic carbocycles. The van der Waals surface area contributed by atoms with Crippen molar-refractivity contribution in [2.45, 2.75) is 127 Å². The van der Waals surface area contributed by atoms with Crippen LogP contribution in [-0.4, -0.2) is 83.3 Å². The van der Waals surface area contributed by atoms with Crippen LogP contribution in [0.4, 0.5) is 0 Å². The van der Waals surface area contributed by atoms with Gasteiger partial charge in [-0.1, -0.05) is 176 Å². The number of nitrogens with zero attached hydrogens (tertiary/aromatic N) is 8. The summed E-state index contributed by atoms with van der Waals surface area (Å²) in [5.41, 5.74) is 20.3. The standard InChI is InChI=1S/C27H27Cl3N4O.C26H22Cl3N3OS.C25H25BrCl2N4O/c28-19-9-7-16(8-10-19)26-21-5-2-6-22(27(35)32-33-14-17-3-1-4-18(17)15-33)25(21)31-34(26)24-12-11-20(29)13-23(24)30;1-15(16-6-3-2-4-7-16)30-26(33)19-9-5-8-18-24(19)31-32(21-11-10-17(27)14-20(21)28)25(18)22-12-13-23(29)34-22;26-17-9-7-16(8-10-17)24-19-5-4-6-20(25(33)30-31-13-2-1-3-14-31)23(19)29-32(24)22-12-11-18(27)15-21(22)28/h7-13,17-18,22H,1-6,14-15H2,(H,32,35);2-4,6-7,10-15,19H,5,8-9H2,1H3,(H,30,33);7-12,15,20H,1-6,13-14H2,(H,30,33)/t;15-,19-;20-/m.11/s1. The molecule has 4 aromatic heterocycles.